The largest absolute Gasteiger partial charge is 0.465 e. The van der Waals surface area contributed by atoms with Gasteiger partial charge in [0.15, 0.2) is 0 Å². The lowest BCUT2D eigenvalue weighted by molar-refractivity contribution is 0.0601. The van der Waals surface area contributed by atoms with Crippen LogP contribution in [0.15, 0.2) is 67.0 Å². The van der Waals surface area contributed by atoms with Crippen molar-refractivity contribution in [2.75, 3.05) is 12.4 Å². The molecule has 2 aromatic carbocycles. The van der Waals surface area contributed by atoms with E-state index in [1.165, 1.54) is 13.2 Å². The molecule has 1 radical (unpaired) electrons. The molecule has 0 fully saturated rings. The first-order valence-electron chi connectivity index (χ1n) is 9.55. The zero-order valence-electron chi connectivity index (χ0n) is 16.7. The van der Waals surface area contributed by atoms with Crippen LogP contribution in [0, 0.1) is 5.82 Å². The average molecular weight is 400 g/mol. The van der Waals surface area contributed by atoms with Gasteiger partial charge in [0, 0.05) is 35.5 Å². The SMILES string of the molecule is C[B]c1cnc(Nc2ccc3c(ccn3Cc3cccc(F)c3)c2)c(C(=O)OC)c1. The molecule has 1 N–H and O–H groups in total. The van der Waals surface area contributed by atoms with Gasteiger partial charge in [-0.15, -0.1) is 0 Å². The van der Waals surface area contributed by atoms with Crippen molar-refractivity contribution in [3.05, 3.63) is 83.9 Å². The van der Waals surface area contributed by atoms with Gasteiger partial charge in [0.1, 0.15) is 24.5 Å². The molecule has 4 rings (SSSR count). The number of pyridine rings is 1. The van der Waals surface area contributed by atoms with E-state index in [1.54, 1.807) is 24.4 Å². The first-order chi connectivity index (χ1) is 14.6. The Labute approximate surface area is 174 Å². The second-order valence-corrected chi connectivity index (χ2v) is 6.92. The molecule has 30 heavy (non-hydrogen) atoms. The van der Waals surface area contributed by atoms with Crippen molar-refractivity contribution in [3.8, 4) is 0 Å². The maximum absolute atomic E-state index is 13.5. The van der Waals surface area contributed by atoms with E-state index in [0.29, 0.717) is 17.9 Å². The third-order valence-electron chi connectivity index (χ3n) is 4.92. The molecule has 0 saturated heterocycles. The van der Waals surface area contributed by atoms with E-state index in [1.807, 2.05) is 50.6 Å². The molecule has 2 aromatic heterocycles. The average Bonchev–Trinajstić information content (AvgIpc) is 3.15. The number of benzene rings is 2. The molecule has 4 aromatic rings. The van der Waals surface area contributed by atoms with Crippen LogP contribution < -0.4 is 10.8 Å². The van der Waals surface area contributed by atoms with Gasteiger partial charge in [-0.2, -0.15) is 0 Å². The number of anilines is 2. The van der Waals surface area contributed by atoms with Crippen LogP contribution in [0.5, 0.6) is 0 Å². The number of carbonyl (C=O) groups excluding carboxylic acids is 1. The first-order valence-corrected chi connectivity index (χ1v) is 9.55. The quantitative estimate of drug-likeness (QED) is 0.391. The van der Waals surface area contributed by atoms with E-state index in [9.17, 15) is 9.18 Å². The number of rotatable bonds is 6. The molecule has 0 amide bonds. The molecule has 5 nitrogen and oxygen atoms in total. The van der Waals surface area contributed by atoms with Gasteiger partial charge < -0.3 is 14.6 Å². The highest BCUT2D eigenvalue weighted by atomic mass is 19.1. The van der Waals surface area contributed by atoms with Crippen LogP contribution in [0.2, 0.25) is 6.82 Å². The van der Waals surface area contributed by atoms with Gasteiger partial charge in [0.05, 0.1) is 7.11 Å². The smallest absolute Gasteiger partial charge is 0.341 e. The van der Waals surface area contributed by atoms with Gasteiger partial charge in [0.25, 0.3) is 0 Å². The van der Waals surface area contributed by atoms with Crippen molar-refractivity contribution in [1.29, 1.82) is 0 Å². The molecule has 0 aliphatic carbocycles. The van der Waals surface area contributed by atoms with Crippen LogP contribution in [0.1, 0.15) is 15.9 Å². The van der Waals surface area contributed by atoms with Crippen molar-refractivity contribution in [1.82, 2.24) is 9.55 Å². The van der Waals surface area contributed by atoms with Crippen molar-refractivity contribution in [2.45, 2.75) is 13.4 Å². The lowest BCUT2D eigenvalue weighted by Crippen LogP contribution is -2.17. The number of hydrogen-bond acceptors (Lipinski definition) is 4. The summed E-state index contributed by atoms with van der Waals surface area (Å²) in [6, 6.07) is 16.2. The van der Waals surface area contributed by atoms with Crippen LogP contribution in [0.25, 0.3) is 10.9 Å². The predicted molar refractivity (Wildman–Crippen MR) is 118 cm³/mol. The molecule has 0 bridgehead atoms. The monoisotopic (exact) mass is 400 g/mol. The van der Waals surface area contributed by atoms with Crippen molar-refractivity contribution in [3.63, 3.8) is 0 Å². The van der Waals surface area contributed by atoms with E-state index in [4.69, 9.17) is 4.74 Å². The second kappa shape index (κ2) is 8.41. The Morgan fingerprint density at radius 3 is 2.83 bits per heavy atom. The topological polar surface area (TPSA) is 56.2 Å². The molecule has 0 saturated carbocycles. The Morgan fingerprint density at radius 2 is 2.07 bits per heavy atom. The highest BCUT2D eigenvalue weighted by Crippen LogP contribution is 2.25. The molecule has 0 unspecified atom stereocenters. The third kappa shape index (κ3) is 4.05. The van der Waals surface area contributed by atoms with E-state index in [0.717, 1.165) is 27.6 Å². The maximum atomic E-state index is 13.5. The van der Waals surface area contributed by atoms with Crippen molar-refractivity contribution < 1.29 is 13.9 Å². The summed E-state index contributed by atoms with van der Waals surface area (Å²) in [6.07, 6.45) is 3.67. The van der Waals surface area contributed by atoms with Crippen molar-refractivity contribution >= 4 is 41.1 Å². The van der Waals surface area contributed by atoms with Gasteiger partial charge >= 0.3 is 5.97 Å². The molecule has 0 aliphatic heterocycles. The van der Waals surface area contributed by atoms with Crippen LogP contribution >= 0.6 is 0 Å². The number of halogens is 1. The Kier molecular flexibility index (Phi) is 5.52. The standard InChI is InChI=1S/C23H20BFN3O2/c1-24-17-12-20(23(29)30-2)22(26-13-17)27-19-6-7-21-16(11-19)8-9-28(21)14-15-4-3-5-18(25)10-15/h3-13H,14H2,1-2H3,(H,26,27). The summed E-state index contributed by atoms with van der Waals surface area (Å²) < 4.78 is 20.4. The van der Waals surface area contributed by atoms with E-state index in [-0.39, 0.29) is 5.82 Å². The molecular weight excluding hydrogens is 380 g/mol. The number of esters is 1. The number of methoxy groups -OCH3 is 1. The summed E-state index contributed by atoms with van der Waals surface area (Å²) >= 11 is 0. The Bertz CT molecular complexity index is 1220. The Morgan fingerprint density at radius 1 is 1.20 bits per heavy atom. The van der Waals surface area contributed by atoms with Crippen LogP contribution in [0.4, 0.5) is 15.9 Å². The fraction of sp³-hybridized carbons (Fsp3) is 0.130. The minimum absolute atomic E-state index is 0.240. The number of fused-ring (bicyclic) bond motifs is 1. The second-order valence-electron chi connectivity index (χ2n) is 6.92. The van der Waals surface area contributed by atoms with Crippen LogP contribution in [-0.2, 0) is 11.3 Å². The fourth-order valence-corrected chi connectivity index (χ4v) is 3.39. The lowest BCUT2D eigenvalue weighted by atomic mass is 9.74. The summed E-state index contributed by atoms with van der Waals surface area (Å²) in [7, 11) is 3.22. The summed E-state index contributed by atoms with van der Waals surface area (Å²) in [4.78, 5) is 16.5. The predicted octanol–water partition coefficient (Wildman–Crippen LogP) is 4.13. The van der Waals surface area contributed by atoms with Gasteiger partial charge in [0.2, 0.25) is 0 Å². The number of carbonyl (C=O) groups is 1. The molecular formula is C23H20BFN3O2. The van der Waals surface area contributed by atoms with E-state index in [2.05, 4.69) is 14.9 Å². The normalized spacial score (nSPS) is 10.8. The lowest BCUT2D eigenvalue weighted by Gasteiger charge is -2.12. The molecule has 0 spiro atoms. The number of aromatic nitrogens is 2. The van der Waals surface area contributed by atoms with Crippen molar-refractivity contribution in [2.24, 2.45) is 0 Å². The third-order valence-corrected chi connectivity index (χ3v) is 4.92. The molecule has 7 heteroatoms. The first kappa shape index (κ1) is 19.7. The highest BCUT2D eigenvalue weighted by molar-refractivity contribution is 6.52. The summed E-state index contributed by atoms with van der Waals surface area (Å²) in [5.74, 6) is -0.252. The van der Waals surface area contributed by atoms with Gasteiger partial charge in [-0.1, -0.05) is 24.4 Å². The van der Waals surface area contributed by atoms with E-state index >= 15 is 0 Å². The van der Waals surface area contributed by atoms with Gasteiger partial charge in [-0.3, -0.25) is 0 Å². The van der Waals surface area contributed by atoms with E-state index < -0.39 is 5.97 Å². The number of nitrogens with zero attached hydrogens (tertiary/aromatic N) is 2. The summed E-state index contributed by atoms with van der Waals surface area (Å²) in [6.45, 7) is 2.46. The fourth-order valence-electron chi connectivity index (χ4n) is 3.39. The number of hydrogen-bond donors (Lipinski definition) is 1. The Balaban J connectivity index is 1.62. The summed E-state index contributed by atoms with van der Waals surface area (Å²) in [5.41, 5.74) is 3.94. The van der Waals surface area contributed by atoms with Gasteiger partial charge in [-0.25, -0.2) is 14.2 Å². The summed E-state index contributed by atoms with van der Waals surface area (Å²) in [5, 5.41) is 4.24. The minimum Gasteiger partial charge on any atom is -0.465 e. The maximum Gasteiger partial charge on any atom is 0.341 e. The molecule has 149 valence electrons. The number of ether oxygens (including phenoxy) is 1. The zero-order chi connectivity index (χ0) is 21.1. The Hall–Kier alpha value is -3.61. The van der Waals surface area contributed by atoms with Crippen LogP contribution in [-0.4, -0.2) is 29.9 Å². The minimum atomic E-state index is -0.448. The molecule has 0 atom stereocenters. The molecule has 0 aliphatic rings. The highest BCUT2D eigenvalue weighted by Gasteiger charge is 2.15. The van der Waals surface area contributed by atoms with Crippen LogP contribution in [0.3, 0.4) is 0 Å². The number of nitrogens with one attached hydrogen (secondary N) is 1. The zero-order valence-corrected chi connectivity index (χ0v) is 16.7. The molecule has 2 heterocycles. The van der Waals surface area contributed by atoms with Gasteiger partial charge in [-0.05, 0) is 48.0 Å².